The summed E-state index contributed by atoms with van der Waals surface area (Å²) in [5.74, 6) is 0.343. The Morgan fingerprint density at radius 2 is 1.54 bits per heavy atom. The van der Waals surface area contributed by atoms with E-state index in [9.17, 15) is 8.42 Å². The highest BCUT2D eigenvalue weighted by molar-refractivity contribution is 7.86. The highest BCUT2D eigenvalue weighted by Gasteiger charge is 2.01. The molecule has 0 unspecified atom stereocenters. The molecule has 1 aromatic rings. The Hall–Kier alpha value is -1.03. The molecule has 0 aliphatic heterocycles. The maximum atomic E-state index is 10.6. The van der Waals surface area contributed by atoms with E-state index in [-0.39, 0.29) is 0 Å². The van der Waals surface area contributed by atoms with E-state index >= 15 is 0 Å². The predicted molar refractivity (Wildman–Crippen MR) is 53.3 cm³/mol. The second-order valence-electron chi connectivity index (χ2n) is 2.10. The highest BCUT2D eigenvalue weighted by atomic mass is 32.2. The Balaban J connectivity index is 0.000000671. The summed E-state index contributed by atoms with van der Waals surface area (Å²) < 4.78 is 25.7. The lowest BCUT2D eigenvalue weighted by Crippen LogP contribution is -2.05. The van der Waals surface area contributed by atoms with Gasteiger partial charge in [0.15, 0.2) is 0 Å². The molecule has 0 spiro atoms. The average Bonchev–Trinajstić information content (AvgIpc) is 2.07. The zero-order valence-corrected chi connectivity index (χ0v) is 8.84. The first-order chi connectivity index (χ1) is 6.08. The minimum Gasteiger partial charge on any atom is -0.383 e. The molecule has 0 saturated heterocycles. The second-order valence-corrected chi connectivity index (χ2v) is 3.68. The van der Waals surface area contributed by atoms with E-state index in [1.54, 1.807) is 30.3 Å². The Kier molecular flexibility index (Phi) is 5.14. The fourth-order valence-corrected chi connectivity index (χ4v) is 1.11. The zero-order chi connectivity index (χ0) is 10.3. The molecule has 74 valence electrons. The first-order valence-electron chi connectivity index (χ1n) is 4.02. The fraction of sp³-hybridized carbons (Fsp3) is 0.333. The van der Waals surface area contributed by atoms with E-state index in [1.807, 2.05) is 13.8 Å². The van der Waals surface area contributed by atoms with Crippen molar-refractivity contribution in [3.8, 4) is 5.75 Å². The molecule has 0 aliphatic rings. The summed E-state index contributed by atoms with van der Waals surface area (Å²) in [4.78, 5) is 0. The molecule has 1 rings (SSSR count). The number of benzene rings is 1. The van der Waals surface area contributed by atoms with Gasteiger partial charge in [-0.1, -0.05) is 32.0 Å². The van der Waals surface area contributed by atoms with Gasteiger partial charge in [0.1, 0.15) is 5.75 Å². The van der Waals surface area contributed by atoms with Crippen molar-refractivity contribution in [1.29, 1.82) is 0 Å². The molecule has 0 bridgehead atoms. The molecule has 0 amide bonds. The summed E-state index contributed by atoms with van der Waals surface area (Å²) >= 11 is 0. The van der Waals surface area contributed by atoms with Gasteiger partial charge in [0.05, 0.1) is 6.26 Å². The molecule has 4 heteroatoms. The zero-order valence-electron chi connectivity index (χ0n) is 8.02. The third-order valence-electron chi connectivity index (χ3n) is 0.991. The molecule has 0 aromatic heterocycles. The highest BCUT2D eigenvalue weighted by Crippen LogP contribution is 2.09. The van der Waals surface area contributed by atoms with Crippen LogP contribution in [0.2, 0.25) is 0 Å². The van der Waals surface area contributed by atoms with Gasteiger partial charge in [0.25, 0.3) is 0 Å². The molecule has 0 heterocycles. The van der Waals surface area contributed by atoms with Crippen LogP contribution in [0.4, 0.5) is 0 Å². The van der Waals surface area contributed by atoms with Crippen molar-refractivity contribution >= 4 is 10.1 Å². The maximum absolute atomic E-state index is 10.6. The fourth-order valence-electron chi connectivity index (χ4n) is 0.651. The van der Waals surface area contributed by atoms with Crippen molar-refractivity contribution in [2.75, 3.05) is 6.26 Å². The Morgan fingerprint density at radius 3 is 1.92 bits per heavy atom. The molecule has 1 aromatic carbocycles. The van der Waals surface area contributed by atoms with E-state index in [4.69, 9.17) is 0 Å². The van der Waals surface area contributed by atoms with Gasteiger partial charge in [-0.15, -0.1) is 0 Å². The molecule has 0 fully saturated rings. The largest absolute Gasteiger partial charge is 0.383 e. The first-order valence-corrected chi connectivity index (χ1v) is 5.84. The second kappa shape index (κ2) is 5.59. The van der Waals surface area contributed by atoms with E-state index in [2.05, 4.69) is 4.18 Å². The number of para-hydroxylation sites is 1. The predicted octanol–water partition coefficient (Wildman–Crippen LogP) is 2.05. The van der Waals surface area contributed by atoms with Gasteiger partial charge in [0, 0.05) is 0 Å². The van der Waals surface area contributed by atoms with Crippen molar-refractivity contribution in [2.45, 2.75) is 13.8 Å². The molecule has 0 atom stereocenters. The Morgan fingerprint density at radius 1 is 1.08 bits per heavy atom. The molecule has 0 N–H and O–H groups in total. The van der Waals surface area contributed by atoms with Crippen LogP contribution in [0.1, 0.15) is 13.8 Å². The van der Waals surface area contributed by atoms with Crippen molar-refractivity contribution in [2.24, 2.45) is 0 Å². The van der Waals surface area contributed by atoms with Gasteiger partial charge in [-0.05, 0) is 12.1 Å². The molecular formula is C9H14O3S. The normalized spacial score (nSPS) is 9.77. The lowest BCUT2D eigenvalue weighted by Gasteiger charge is -1.99. The Labute approximate surface area is 79.5 Å². The van der Waals surface area contributed by atoms with Crippen LogP contribution < -0.4 is 4.18 Å². The van der Waals surface area contributed by atoms with Gasteiger partial charge in [-0.25, -0.2) is 0 Å². The lowest BCUT2D eigenvalue weighted by atomic mass is 10.3. The van der Waals surface area contributed by atoms with Crippen molar-refractivity contribution < 1.29 is 12.6 Å². The van der Waals surface area contributed by atoms with E-state index in [0.717, 1.165) is 6.26 Å². The summed E-state index contributed by atoms with van der Waals surface area (Å²) in [5, 5.41) is 0. The topological polar surface area (TPSA) is 43.4 Å². The van der Waals surface area contributed by atoms with Crippen LogP contribution in [0.3, 0.4) is 0 Å². The first kappa shape index (κ1) is 12.0. The van der Waals surface area contributed by atoms with Crippen molar-refractivity contribution in [1.82, 2.24) is 0 Å². The van der Waals surface area contributed by atoms with Crippen LogP contribution >= 0.6 is 0 Å². The molecule has 0 saturated carbocycles. The van der Waals surface area contributed by atoms with Crippen LogP contribution in [0, 0.1) is 0 Å². The summed E-state index contributed by atoms with van der Waals surface area (Å²) in [6.45, 7) is 4.00. The minimum atomic E-state index is -3.38. The smallest absolute Gasteiger partial charge is 0.306 e. The van der Waals surface area contributed by atoms with Crippen LogP contribution in [-0.4, -0.2) is 14.7 Å². The summed E-state index contributed by atoms with van der Waals surface area (Å²) in [5.41, 5.74) is 0. The van der Waals surface area contributed by atoms with Crippen LogP contribution in [0.15, 0.2) is 30.3 Å². The van der Waals surface area contributed by atoms with E-state index in [0.29, 0.717) is 5.75 Å². The molecule has 0 aliphatic carbocycles. The van der Waals surface area contributed by atoms with Crippen molar-refractivity contribution in [3.63, 3.8) is 0 Å². The molecular weight excluding hydrogens is 188 g/mol. The van der Waals surface area contributed by atoms with Gasteiger partial charge in [-0.2, -0.15) is 8.42 Å². The van der Waals surface area contributed by atoms with Gasteiger partial charge >= 0.3 is 10.1 Å². The Bertz CT molecular complexity index is 316. The molecule has 0 radical (unpaired) electrons. The van der Waals surface area contributed by atoms with Gasteiger partial charge < -0.3 is 4.18 Å². The van der Waals surface area contributed by atoms with Gasteiger partial charge in [0.2, 0.25) is 0 Å². The van der Waals surface area contributed by atoms with Gasteiger partial charge in [-0.3, -0.25) is 0 Å². The SMILES string of the molecule is CC.CS(=O)(=O)Oc1ccccc1. The van der Waals surface area contributed by atoms with Crippen LogP contribution in [-0.2, 0) is 10.1 Å². The number of hydrogen-bond acceptors (Lipinski definition) is 3. The summed E-state index contributed by atoms with van der Waals surface area (Å²) in [6.07, 6.45) is 1.01. The monoisotopic (exact) mass is 202 g/mol. The summed E-state index contributed by atoms with van der Waals surface area (Å²) in [6, 6.07) is 8.37. The summed E-state index contributed by atoms with van der Waals surface area (Å²) in [7, 11) is -3.38. The number of rotatable bonds is 2. The average molecular weight is 202 g/mol. The maximum Gasteiger partial charge on any atom is 0.306 e. The third-order valence-corrected chi connectivity index (χ3v) is 1.49. The van der Waals surface area contributed by atoms with Crippen LogP contribution in [0.25, 0.3) is 0 Å². The quantitative estimate of drug-likeness (QED) is 0.689. The van der Waals surface area contributed by atoms with E-state index in [1.165, 1.54) is 0 Å². The molecule has 3 nitrogen and oxygen atoms in total. The molecule has 13 heavy (non-hydrogen) atoms. The number of hydrogen-bond donors (Lipinski definition) is 0. The van der Waals surface area contributed by atoms with E-state index < -0.39 is 10.1 Å². The minimum absolute atomic E-state index is 0.343. The third kappa shape index (κ3) is 6.16. The lowest BCUT2D eigenvalue weighted by molar-refractivity contribution is 0.493. The van der Waals surface area contributed by atoms with Crippen molar-refractivity contribution in [3.05, 3.63) is 30.3 Å². The van der Waals surface area contributed by atoms with Crippen LogP contribution in [0.5, 0.6) is 5.75 Å². The standard InChI is InChI=1S/C7H8O3S.C2H6/c1-11(8,9)10-7-5-3-2-4-6-7;1-2/h2-6H,1H3;1-2H3.